The number of nitrogens with one attached hydrogen (secondary N) is 1. The van der Waals surface area contributed by atoms with Crippen LogP contribution >= 0.6 is 11.3 Å². The van der Waals surface area contributed by atoms with Crippen molar-refractivity contribution in [2.75, 3.05) is 23.3 Å². The Morgan fingerprint density at radius 1 is 1.21 bits per heavy atom. The first-order valence-electron chi connectivity index (χ1n) is 8.28. The van der Waals surface area contributed by atoms with Gasteiger partial charge in [-0.15, -0.1) is 10.2 Å². The van der Waals surface area contributed by atoms with Crippen molar-refractivity contribution < 1.29 is 4.79 Å². The van der Waals surface area contributed by atoms with E-state index >= 15 is 0 Å². The first kappa shape index (κ1) is 16.8. The lowest BCUT2D eigenvalue weighted by Crippen LogP contribution is -2.32. The van der Waals surface area contributed by atoms with Crippen molar-refractivity contribution >= 4 is 28.3 Å². The van der Waals surface area contributed by atoms with Crippen LogP contribution in [0.25, 0.3) is 0 Å². The number of amides is 1. The Labute approximate surface area is 145 Å². The summed E-state index contributed by atoms with van der Waals surface area (Å²) in [5, 5.41) is 11.9. The average molecular weight is 346 g/mol. The first-order chi connectivity index (χ1) is 11.5. The third-order valence-electron chi connectivity index (χ3n) is 3.94. The number of carbonyl (C=O) groups excluding carboxylic acids is 1. The zero-order valence-corrected chi connectivity index (χ0v) is 15.1. The number of aryl methyl sites for hydroxylation is 1. The molecule has 2 aromatic heterocycles. The van der Waals surface area contributed by atoms with E-state index in [1.165, 1.54) is 17.8 Å². The quantitative estimate of drug-likeness (QED) is 0.916. The second kappa shape index (κ2) is 7.21. The Hall–Kier alpha value is -2.09. The van der Waals surface area contributed by atoms with Crippen LogP contribution in [0.2, 0.25) is 0 Å². The van der Waals surface area contributed by atoms with Crippen LogP contribution in [0.1, 0.15) is 60.2 Å². The monoisotopic (exact) mass is 346 g/mol. The Bertz CT molecular complexity index is 723. The summed E-state index contributed by atoms with van der Waals surface area (Å²) < 4.78 is 0. The highest BCUT2D eigenvalue weighted by atomic mass is 32.1. The van der Waals surface area contributed by atoms with E-state index in [0.29, 0.717) is 16.8 Å². The van der Waals surface area contributed by atoms with E-state index in [4.69, 9.17) is 0 Å². The van der Waals surface area contributed by atoms with Gasteiger partial charge in [0.25, 0.3) is 5.91 Å². The molecule has 0 saturated carbocycles. The molecule has 1 amide bonds. The first-order valence-corrected chi connectivity index (χ1v) is 9.10. The van der Waals surface area contributed by atoms with Gasteiger partial charge >= 0.3 is 0 Å². The third-order valence-corrected chi connectivity index (χ3v) is 4.70. The maximum Gasteiger partial charge on any atom is 0.276 e. The predicted molar refractivity (Wildman–Crippen MR) is 94.8 cm³/mol. The maximum atomic E-state index is 12.6. The molecule has 128 valence electrons. The van der Waals surface area contributed by atoms with Crippen LogP contribution in [0.3, 0.4) is 0 Å². The molecule has 1 aliphatic heterocycles. The molecule has 0 aromatic carbocycles. The van der Waals surface area contributed by atoms with Crippen LogP contribution in [-0.4, -0.2) is 39.2 Å². The summed E-state index contributed by atoms with van der Waals surface area (Å²) >= 11 is 1.35. The smallest absolute Gasteiger partial charge is 0.276 e. The molecule has 7 nitrogen and oxygen atoms in total. The summed E-state index contributed by atoms with van der Waals surface area (Å²) in [6, 6.07) is 1.77. The molecule has 0 bridgehead atoms. The van der Waals surface area contributed by atoms with Gasteiger partial charge in [0, 0.05) is 18.8 Å². The molecule has 2 aromatic rings. The van der Waals surface area contributed by atoms with Gasteiger partial charge in [0.1, 0.15) is 10.7 Å². The fourth-order valence-corrected chi connectivity index (χ4v) is 3.20. The molecule has 3 rings (SSSR count). The molecule has 8 heteroatoms. The minimum Gasteiger partial charge on any atom is -0.341 e. The number of rotatable bonds is 4. The van der Waals surface area contributed by atoms with Crippen LogP contribution in [0, 0.1) is 6.92 Å². The number of piperidine rings is 1. The molecule has 1 saturated heterocycles. The minimum absolute atomic E-state index is 0.229. The molecular formula is C16H22N6OS. The minimum atomic E-state index is -0.270. The van der Waals surface area contributed by atoms with Crippen LogP contribution < -0.4 is 10.2 Å². The van der Waals surface area contributed by atoms with E-state index in [1.807, 2.05) is 6.92 Å². The molecule has 1 fully saturated rings. The Kier molecular flexibility index (Phi) is 5.03. The molecule has 3 heterocycles. The zero-order valence-electron chi connectivity index (χ0n) is 14.2. The summed E-state index contributed by atoms with van der Waals surface area (Å²) in [7, 11) is 0. The molecule has 0 spiro atoms. The Morgan fingerprint density at radius 3 is 2.58 bits per heavy atom. The number of carbonyl (C=O) groups is 1. The third kappa shape index (κ3) is 3.87. The molecule has 24 heavy (non-hydrogen) atoms. The van der Waals surface area contributed by atoms with Crippen LogP contribution in [0.15, 0.2) is 6.07 Å². The van der Waals surface area contributed by atoms with Crippen LogP contribution in [0.4, 0.5) is 11.1 Å². The molecule has 1 N–H and O–H groups in total. The summed E-state index contributed by atoms with van der Waals surface area (Å²) in [6.07, 6.45) is 3.52. The van der Waals surface area contributed by atoms with Gasteiger partial charge in [-0.25, -0.2) is 9.97 Å². The van der Waals surface area contributed by atoms with Gasteiger partial charge in [-0.2, -0.15) is 0 Å². The Balaban J connectivity index is 1.87. The average Bonchev–Trinajstić information content (AvgIpc) is 3.00. The lowest BCUT2D eigenvalue weighted by atomic mass is 10.1. The fraction of sp³-hybridized carbons (Fsp3) is 0.562. The summed E-state index contributed by atoms with van der Waals surface area (Å²) in [6.45, 7) is 7.87. The standard InChI is InChI=1S/C16H22N6OS/c1-10(2)12-9-13(14(23)19-16-21-20-11(3)24-16)18-15(17-12)22-7-5-4-6-8-22/h9-10H,4-8H2,1-3H3,(H,19,21,23). The molecule has 0 radical (unpaired) electrons. The van der Waals surface area contributed by atoms with E-state index in [-0.39, 0.29) is 11.8 Å². The van der Waals surface area contributed by atoms with Gasteiger partial charge in [-0.1, -0.05) is 25.2 Å². The van der Waals surface area contributed by atoms with Crippen LogP contribution in [-0.2, 0) is 0 Å². The van der Waals surface area contributed by atoms with Crippen molar-refractivity contribution in [3.05, 3.63) is 22.5 Å². The van der Waals surface area contributed by atoms with E-state index in [2.05, 4.69) is 44.2 Å². The number of nitrogens with zero attached hydrogens (tertiary/aromatic N) is 5. The largest absolute Gasteiger partial charge is 0.341 e. The number of aromatic nitrogens is 4. The second-order valence-corrected chi connectivity index (χ2v) is 7.44. The second-order valence-electron chi connectivity index (χ2n) is 6.26. The highest BCUT2D eigenvalue weighted by Gasteiger charge is 2.19. The molecule has 0 unspecified atom stereocenters. The molecule has 1 aliphatic rings. The highest BCUT2D eigenvalue weighted by Crippen LogP contribution is 2.21. The van der Waals surface area contributed by atoms with Gasteiger partial charge in [0.15, 0.2) is 0 Å². The summed E-state index contributed by atoms with van der Waals surface area (Å²) in [5.41, 5.74) is 1.26. The van der Waals surface area contributed by atoms with Crippen molar-refractivity contribution in [3.8, 4) is 0 Å². The maximum absolute atomic E-state index is 12.6. The van der Waals surface area contributed by atoms with Crippen molar-refractivity contribution in [3.63, 3.8) is 0 Å². The van der Waals surface area contributed by atoms with E-state index < -0.39 is 0 Å². The predicted octanol–water partition coefficient (Wildman–Crippen LogP) is 3.00. The van der Waals surface area contributed by atoms with Gasteiger partial charge in [0.05, 0.1) is 0 Å². The number of anilines is 2. The normalized spacial score (nSPS) is 14.9. The van der Waals surface area contributed by atoms with Crippen molar-refractivity contribution in [2.24, 2.45) is 0 Å². The van der Waals surface area contributed by atoms with E-state index in [0.717, 1.165) is 36.6 Å². The number of hydrogen-bond donors (Lipinski definition) is 1. The van der Waals surface area contributed by atoms with E-state index in [9.17, 15) is 4.79 Å². The van der Waals surface area contributed by atoms with Crippen molar-refractivity contribution in [1.82, 2.24) is 20.2 Å². The molecule has 0 aliphatic carbocycles. The van der Waals surface area contributed by atoms with Crippen molar-refractivity contribution in [1.29, 1.82) is 0 Å². The SMILES string of the molecule is Cc1nnc(NC(=O)c2cc(C(C)C)nc(N3CCCCC3)n2)s1. The topological polar surface area (TPSA) is 83.9 Å². The van der Waals surface area contributed by atoms with Gasteiger partial charge < -0.3 is 4.90 Å². The zero-order chi connectivity index (χ0) is 17.1. The molecule has 0 atom stereocenters. The Morgan fingerprint density at radius 2 is 1.96 bits per heavy atom. The summed E-state index contributed by atoms with van der Waals surface area (Å²) in [4.78, 5) is 23.9. The van der Waals surface area contributed by atoms with Crippen LogP contribution in [0.5, 0.6) is 0 Å². The van der Waals surface area contributed by atoms with Gasteiger partial charge in [-0.05, 0) is 38.2 Å². The fourth-order valence-electron chi connectivity index (χ4n) is 2.61. The molecular weight excluding hydrogens is 324 g/mol. The van der Waals surface area contributed by atoms with Gasteiger partial charge in [0.2, 0.25) is 11.1 Å². The number of hydrogen-bond acceptors (Lipinski definition) is 7. The highest BCUT2D eigenvalue weighted by molar-refractivity contribution is 7.15. The van der Waals surface area contributed by atoms with E-state index in [1.54, 1.807) is 6.07 Å². The summed E-state index contributed by atoms with van der Waals surface area (Å²) in [5.74, 6) is 0.611. The van der Waals surface area contributed by atoms with Gasteiger partial charge in [-0.3, -0.25) is 10.1 Å². The van der Waals surface area contributed by atoms with Crippen molar-refractivity contribution in [2.45, 2.75) is 46.0 Å². The lowest BCUT2D eigenvalue weighted by Gasteiger charge is -2.27. The lowest BCUT2D eigenvalue weighted by molar-refractivity contribution is 0.102.